The maximum absolute atomic E-state index is 12.0. The van der Waals surface area contributed by atoms with Crippen LogP contribution in [0.5, 0.6) is 0 Å². The van der Waals surface area contributed by atoms with Crippen molar-refractivity contribution >= 4 is 28.7 Å². The van der Waals surface area contributed by atoms with Gasteiger partial charge < -0.3 is 19.2 Å². The fraction of sp³-hybridized carbons (Fsp3) is 0.667. The molecule has 10 heteroatoms. The molecule has 104 valence electrons. The molecule has 0 N–H and O–H groups in total. The van der Waals surface area contributed by atoms with Crippen molar-refractivity contribution in [3.05, 3.63) is 5.41 Å². The Morgan fingerprint density at radius 2 is 1.84 bits per heavy atom. The molecule has 0 aliphatic rings. The van der Waals surface area contributed by atoms with Crippen LogP contribution in [0.4, 0.5) is 0 Å². The van der Waals surface area contributed by atoms with Crippen LogP contribution >= 0.6 is 17.3 Å². The first-order chi connectivity index (χ1) is 8.96. The molecule has 0 saturated carbocycles. The van der Waals surface area contributed by atoms with Gasteiger partial charge in [-0.1, -0.05) is 5.45 Å². The van der Waals surface area contributed by atoms with Crippen molar-refractivity contribution in [3.63, 3.8) is 0 Å². The first kappa shape index (κ1) is 21.0. The van der Waals surface area contributed by atoms with E-state index < -0.39 is 24.9 Å². The summed E-state index contributed by atoms with van der Waals surface area (Å²) in [6.45, 7) is 3.08. The molecule has 7 nitrogen and oxygen atoms in total. The predicted molar refractivity (Wildman–Crippen MR) is 66.2 cm³/mol. The summed E-state index contributed by atoms with van der Waals surface area (Å²) < 4.78 is 25.9. The van der Waals surface area contributed by atoms with Crippen molar-refractivity contribution in [1.82, 2.24) is 0 Å². The zero-order chi connectivity index (χ0) is 15.5. The molecule has 0 amide bonds. The summed E-state index contributed by atoms with van der Waals surface area (Å²) in [5.74, 6) is -2.71. The number of carbonyl (C=O) groups excluding carboxylic acids is 1. The molecule has 0 aliphatic heterocycles. The van der Waals surface area contributed by atoms with Gasteiger partial charge in [-0.3, -0.25) is 9.36 Å². The SMILES string of the molecule is CCOP(=O)(OCC)C(=[N-])C(C#N)C(=O)OC.[Cl][Zn+]. The van der Waals surface area contributed by atoms with Gasteiger partial charge in [-0.05, 0) is 13.8 Å². The summed E-state index contributed by atoms with van der Waals surface area (Å²) in [6, 6.07) is 1.48. The Kier molecular flexibility index (Phi) is 12.7. The molecule has 0 aromatic heterocycles. The van der Waals surface area contributed by atoms with Crippen LogP contribution in [0.2, 0.25) is 0 Å². The molecular weight excluding hydrogens is 348 g/mol. The van der Waals surface area contributed by atoms with Crippen molar-refractivity contribution in [1.29, 1.82) is 5.26 Å². The minimum atomic E-state index is -4.00. The summed E-state index contributed by atoms with van der Waals surface area (Å²) in [5, 5.41) is 18.4. The van der Waals surface area contributed by atoms with E-state index in [1.165, 1.54) is 6.07 Å². The molecule has 0 aliphatic carbocycles. The molecule has 0 saturated heterocycles. The number of carbonyl (C=O) groups is 1. The molecule has 0 heterocycles. The zero-order valence-corrected chi connectivity index (χ0v) is 15.6. The van der Waals surface area contributed by atoms with E-state index in [2.05, 4.69) is 4.74 Å². The van der Waals surface area contributed by atoms with E-state index in [0.717, 1.165) is 24.4 Å². The monoisotopic (exact) mass is 360 g/mol. The van der Waals surface area contributed by atoms with Crippen LogP contribution in [0.15, 0.2) is 0 Å². The molecule has 0 aromatic rings. The first-order valence-corrected chi connectivity index (χ1v) is 10.6. The quantitative estimate of drug-likeness (QED) is 0.297. The molecule has 0 radical (unpaired) electrons. The predicted octanol–water partition coefficient (Wildman–Crippen LogP) is 2.22. The topological polar surface area (TPSA) is 108 Å². The fourth-order valence-corrected chi connectivity index (χ4v) is 2.50. The number of ether oxygens (including phenoxy) is 1. The van der Waals surface area contributed by atoms with Crippen molar-refractivity contribution in [2.45, 2.75) is 13.8 Å². The average Bonchev–Trinajstić information content (AvgIpc) is 2.42. The number of rotatable bonds is 7. The number of esters is 1. The van der Waals surface area contributed by atoms with E-state index in [1.54, 1.807) is 13.8 Å². The first-order valence-electron chi connectivity index (χ1n) is 5.16. The number of nitriles is 1. The Labute approximate surface area is 126 Å². The van der Waals surface area contributed by atoms with Crippen molar-refractivity contribution in [2.75, 3.05) is 20.3 Å². The van der Waals surface area contributed by atoms with Crippen molar-refractivity contribution < 1.29 is 40.5 Å². The van der Waals surface area contributed by atoms with Crippen LogP contribution in [0, 0.1) is 17.2 Å². The second-order valence-corrected chi connectivity index (χ2v) is 4.75. The van der Waals surface area contributed by atoms with Gasteiger partial charge in [-0.15, -0.1) is 0 Å². The van der Waals surface area contributed by atoms with Gasteiger partial charge in [-0.2, -0.15) is 5.26 Å². The minimum absolute atomic E-state index is 0.000654. The molecule has 1 unspecified atom stereocenters. The van der Waals surface area contributed by atoms with Crippen LogP contribution in [-0.4, -0.2) is 31.7 Å². The van der Waals surface area contributed by atoms with E-state index in [-0.39, 0.29) is 13.2 Å². The molecular formula is C9H14ClN2O5PZn. The van der Waals surface area contributed by atoms with Crippen LogP contribution in [0.3, 0.4) is 0 Å². The van der Waals surface area contributed by atoms with Gasteiger partial charge in [0.15, 0.2) is 5.92 Å². The Balaban J connectivity index is 0. The number of halogens is 1. The van der Waals surface area contributed by atoms with Crippen LogP contribution in [-0.2, 0) is 40.5 Å². The summed E-state index contributed by atoms with van der Waals surface area (Å²) >= 11 is 0.847. The summed E-state index contributed by atoms with van der Waals surface area (Å²) in [7, 11) is 1.81. The van der Waals surface area contributed by atoms with Gasteiger partial charge in [0.1, 0.15) is 0 Å². The van der Waals surface area contributed by atoms with E-state index in [1.807, 2.05) is 0 Å². The van der Waals surface area contributed by atoms with Crippen LogP contribution in [0.25, 0.3) is 5.41 Å². The van der Waals surface area contributed by atoms with E-state index in [9.17, 15) is 14.8 Å². The van der Waals surface area contributed by atoms with Gasteiger partial charge in [-0.25, -0.2) is 0 Å². The van der Waals surface area contributed by atoms with Gasteiger partial charge in [0.25, 0.3) is 0 Å². The number of methoxy groups -OCH3 is 1. The van der Waals surface area contributed by atoms with Crippen LogP contribution < -0.4 is 0 Å². The third-order valence-electron chi connectivity index (χ3n) is 1.70. The second kappa shape index (κ2) is 11.5. The Morgan fingerprint density at radius 1 is 1.42 bits per heavy atom. The molecule has 0 rings (SSSR count). The van der Waals surface area contributed by atoms with E-state index >= 15 is 0 Å². The molecule has 0 fully saturated rings. The van der Waals surface area contributed by atoms with Gasteiger partial charge in [0.05, 0.1) is 26.4 Å². The zero-order valence-electron chi connectivity index (χ0n) is 11.0. The van der Waals surface area contributed by atoms with Crippen molar-refractivity contribution in [3.8, 4) is 6.07 Å². The van der Waals surface area contributed by atoms with E-state index in [0.29, 0.717) is 0 Å². The Morgan fingerprint density at radius 3 is 2.11 bits per heavy atom. The van der Waals surface area contributed by atoms with Crippen molar-refractivity contribution in [2.24, 2.45) is 5.92 Å². The molecule has 0 spiro atoms. The summed E-state index contributed by atoms with van der Waals surface area (Å²) in [6.07, 6.45) is 0. The molecule has 19 heavy (non-hydrogen) atoms. The second-order valence-electron chi connectivity index (χ2n) is 2.78. The fourth-order valence-electron chi connectivity index (χ4n) is 1.00. The van der Waals surface area contributed by atoms with Gasteiger partial charge in [0.2, 0.25) is 0 Å². The third-order valence-corrected chi connectivity index (χ3v) is 3.72. The third kappa shape index (κ3) is 6.60. The average molecular weight is 362 g/mol. The number of hydrogen-bond acceptors (Lipinski definition) is 6. The summed E-state index contributed by atoms with van der Waals surface area (Å²) in [5.41, 5.74) is -0.949. The van der Waals surface area contributed by atoms with Gasteiger partial charge in [0, 0.05) is 0 Å². The standard InChI is InChI=1S/C9H14N2O5P.ClH.Zn/c1-4-15-17(13,16-5-2)8(11)7(6-10)9(12)14-3;;/h7H,4-5H2,1-3H3;1H;/q-1;;+2/p-1. The van der Waals surface area contributed by atoms with Crippen LogP contribution in [0.1, 0.15) is 13.8 Å². The summed E-state index contributed by atoms with van der Waals surface area (Å²) in [4.78, 5) is 11.2. The Hall–Kier alpha value is -0.307. The Bertz CT molecular complexity index is 377. The molecule has 0 aromatic carbocycles. The van der Waals surface area contributed by atoms with E-state index in [4.69, 9.17) is 24.0 Å². The normalized spacial score (nSPS) is 11.6. The maximum atomic E-state index is 12.0. The molecule has 1 atom stereocenters. The number of nitrogens with zero attached hydrogens (tertiary/aromatic N) is 2. The molecule has 0 bridgehead atoms. The number of hydrogen-bond donors (Lipinski definition) is 0. The van der Waals surface area contributed by atoms with Gasteiger partial charge >= 0.3 is 40.6 Å².